The highest BCUT2D eigenvalue weighted by atomic mass is 79.9. The zero-order valence-corrected chi connectivity index (χ0v) is 17.4. The van der Waals surface area contributed by atoms with Crippen LogP contribution in [0.2, 0.25) is 5.02 Å². The molecule has 3 rings (SSSR count). The summed E-state index contributed by atoms with van der Waals surface area (Å²) in [6.45, 7) is 0.600. The second kappa shape index (κ2) is 9.62. The quantitative estimate of drug-likeness (QED) is 0.540. The number of amides is 2. The van der Waals surface area contributed by atoms with Crippen molar-refractivity contribution < 1.29 is 14.0 Å². The molecule has 0 aliphatic rings. The van der Waals surface area contributed by atoms with Crippen LogP contribution >= 0.6 is 27.5 Å². The first-order valence-corrected chi connectivity index (χ1v) is 9.75. The van der Waals surface area contributed by atoms with Crippen molar-refractivity contribution in [3.05, 3.63) is 75.2 Å². The van der Waals surface area contributed by atoms with E-state index in [0.717, 1.165) is 22.2 Å². The molecule has 0 aliphatic heterocycles. The number of halogens is 3. The van der Waals surface area contributed by atoms with Gasteiger partial charge < -0.3 is 5.32 Å². The van der Waals surface area contributed by atoms with Gasteiger partial charge in [0.2, 0.25) is 11.9 Å². The van der Waals surface area contributed by atoms with Crippen LogP contribution in [0.3, 0.4) is 0 Å². The first-order chi connectivity index (χ1) is 13.9. The van der Waals surface area contributed by atoms with Gasteiger partial charge in [0.15, 0.2) is 0 Å². The summed E-state index contributed by atoms with van der Waals surface area (Å²) < 4.78 is 15.6. The maximum atomic E-state index is 13.0. The predicted molar refractivity (Wildman–Crippen MR) is 110 cm³/mol. The van der Waals surface area contributed by atoms with Crippen molar-refractivity contribution in [3.8, 4) is 0 Å². The van der Waals surface area contributed by atoms with Gasteiger partial charge in [-0.2, -0.15) is 0 Å². The maximum Gasteiger partial charge on any atom is 0.252 e. The van der Waals surface area contributed by atoms with Crippen LogP contribution in [0.1, 0.15) is 22.3 Å². The lowest BCUT2D eigenvalue weighted by atomic mass is 10.2. The van der Waals surface area contributed by atoms with E-state index in [1.807, 2.05) is 24.3 Å². The molecule has 29 heavy (non-hydrogen) atoms. The average Bonchev–Trinajstić information content (AvgIpc) is 3.10. The summed E-state index contributed by atoms with van der Waals surface area (Å²) in [6, 6.07) is 11.3. The summed E-state index contributed by atoms with van der Waals surface area (Å²) in [5.74, 6) is -1.19. The van der Waals surface area contributed by atoms with Crippen molar-refractivity contribution in [2.75, 3.05) is 11.9 Å². The predicted octanol–water partition coefficient (Wildman–Crippen LogP) is 3.64. The van der Waals surface area contributed by atoms with Gasteiger partial charge in [-0.05, 0) is 35.9 Å². The maximum absolute atomic E-state index is 13.0. The zero-order chi connectivity index (χ0) is 20.8. The molecule has 0 fully saturated rings. The van der Waals surface area contributed by atoms with Crippen LogP contribution in [0.5, 0.6) is 0 Å². The lowest BCUT2D eigenvalue weighted by molar-refractivity contribution is -0.116. The van der Waals surface area contributed by atoms with Gasteiger partial charge in [-0.25, -0.2) is 14.1 Å². The molecular formula is C19H16BrClFN5O2. The fourth-order valence-corrected chi connectivity index (χ4v) is 2.97. The molecular weight excluding hydrogens is 465 g/mol. The summed E-state index contributed by atoms with van der Waals surface area (Å²) in [7, 11) is 0. The minimum atomic E-state index is -0.530. The number of hydrogen-bond donors (Lipinski definition) is 2. The Hall–Kier alpha value is -2.78. The third kappa shape index (κ3) is 6.10. The van der Waals surface area contributed by atoms with Crippen LogP contribution in [0, 0.1) is 5.82 Å². The van der Waals surface area contributed by atoms with E-state index in [-0.39, 0.29) is 35.4 Å². The first-order valence-electron chi connectivity index (χ1n) is 8.58. The molecule has 0 unspecified atom stereocenters. The summed E-state index contributed by atoms with van der Waals surface area (Å²) in [5, 5.41) is 9.34. The lowest BCUT2D eigenvalue weighted by Crippen LogP contribution is -2.28. The third-order valence-corrected chi connectivity index (χ3v) is 4.70. The average molecular weight is 481 g/mol. The number of nitrogens with one attached hydrogen (secondary N) is 2. The van der Waals surface area contributed by atoms with Crippen molar-refractivity contribution >= 4 is 45.3 Å². The van der Waals surface area contributed by atoms with Gasteiger partial charge in [-0.1, -0.05) is 39.7 Å². The van der Waals surface area contributed by atoms with E-state index >= 15 is 0 Å². The van der Waals surface area contributed by atoms with Gasteiger partial charge >= 0.3 is 0 Å². The molecule has 0 radical (unpaired) electrons. The normalized spacial score (nSPS) is 10.6. The van der Waals surface area contributed by atoms with Gasteiger partial charge in [0.25, 0.3) is 5.91 Å². The molecule has 0 bridgehead atoms. The molecule has 3 aromatic rings. The van der Waals surface area contributed by atoms with Crippen molar-refractivity contribution in [2.45, 2.75) is 13.0 Å². The van der Waals surface area contributed by atoms with E-state index in [9.17, 15) is 14.0 Å². The second-order valence-corrected chi connectivity index (χ2v) is 7.39. The Morgan fingerprint density at radius 1 is 1.17 bits per heavy atom. The van der Waals surface area contributed by atoms with Crippen LogP contribution in [0.4, 0.5) is 10.3 Å². The monoisotopic (exact) mass is 479 g/mol. The van der Waals surface area contributed by atoms with Crippen LogP contribution in [0.15, 0.2) is 53.3 Å². The summed E-state index contributed by atoms with van der Waals surface area (Å²) in [6.07, 6.45) is 1.54. The van der Waals surface area contributed by atoms with Crippen molar-refractivity contribution in [2.24, 2.45) is 0 Å². The zero-order valence-electron chi connectivity index (χ0n) is 15.0. The van der Waals surface area contributed by atoms with E-state index in [1.165, 1.54) is 12.4 Å². The number of rotatable bonds is 7. The van der Waals surface area contributed by atoms with Crippen molar-refractivity contribution in [1.82, 2.24) is 20.1 Å². The largest absolute Gasteiger partial charge is 0.351 e. The molecule has 0 spiro atoms. The van der Waals surface area contributed by atoms with E-state index < -0.39 is 11.7 Å². The number of anilines is 1. The van der Waals surface area contributed by atoms with Gasteiger partial charge in [0, 0.05) is 17.4 Å². The standard InChI is InChI=1S/C19H16BrClFN5O2/c20-13-3-1-12(2-4-13)10-27-11-24-19(26-27)25-17(28)7-8-23-18(29)15-6-5-14(22)9-16(15)21/h1-6,9,11H,7-8,10H2,(H,23,29)(H,25,26,28). The number of carbonyl (C=O) groups is 2. The van der Waals surface area contributed by atoms with Crippen molar-refractivity contribution in [3.63, 3.8) is 0 Å². The summed E-state index contributed by atoms with van der Waals surface area (Å²) in [4.78, 5) is 28.1. The van der Waals surface area contributed by atoms with Gasteiger partial charge in [0.1, 0.15) is 12.1 Å². The number of benzene rings is 2. The molecule has 150 valence electrons. The summed E-state index contributed by atoms with van der Waals surface area (Å²) >= 11 is 9.22. The Labute approximate surface area is 179 Å². The topological polar surface area (TPSA) is 88.9 Å². The molecule has 0 saturated carbocycles. The second-order valence-electron chi connectivity index (χ2n) is 6.07. The van der Waals surface area contributed by atoms with E-state index in [0.29, 0.717) is 6.54 Å². The fraction of sp³-hybridized carbons (Fsp3) is 0.158. The number of aromatic nitrogens is 3. The smallest absolute Gasteiger partial charge is 0.252 e. The van der Waals surface area contributed by atoms with Crippen LogP contribution in [-0.4, -0.2) is 33.1 Å². The number of carbonyl (C=O) groups excluding carboxylic acids is 2. The molecule has 0 atom stereocenters. The fourth-order valence-electron chi connectivity index (χ4n) is 2.45. The minimum Gasteiger partial charge on any atom is -0.351 e. The third-order valence-electron chi connectivity index (χ3n) is 3.86. The highest BCUT2D eigenvalue weighted by Crippen LogP contribution is 2.17. The van der Waals surface area contributed by atoms with Gasteiger partial charge in [-0.15, -0.1) is 5.10 Å². The highest BCUT2D eigenvalue weighted by molar-refractivity contribution is 9.10. The molecule has 10 heteroatoms. The van der Waals surface area contributed by atoms with Crippen LogP contribution in [-0.2, 0) is 11.3 Å². The Kier molecular flexibility index (Phi) is 6.95. The molecule has 2 amide bonds. The Balaban J connectivity index is 1.45. The Morgan fingerprint density at radius 2 is 1.93 bits per heavy atom. The lowest BCUT2D eigenvalue weighted by Gasteiger charge is -2.06. The Morgan fingerprint density at radius 3 is 2.66 bits per heavy atom. The first kappa shape index (κ1) is 20.9. The van der Waals surface area contributed by atoms with Crippen LogP contribution in [0.25, 0.3) is 0 Å². The molecule has 0 saturated heterocycles. The molecule has 2 N–H and O–H groups in total. The molecule has 1 aromatic heterocycles. The SMILES string of the molecule is O=C(CCNC(=O)c1ccc(F)cc1Cl)Nc1ncn(Cc2ccc(Br)cc2)n1. The van der Waals surface area contributed by atoms with Gasteiger partial charge in [0.05, 0.1) is 17.1 Å². The van der Waals surface area contributed by atoms with E-state index in [2.05, 4.69) is 36.6 Å². The number of hydrogen-bond acceptors (Lipinski definition) is 4. The molecule has 1 heterocycles. The Bertz CT molecular complexity index is 1030. The summed E-state index contributed by atoms with van der Waals surface area (Å²) in [5.41, 5.74) is 1.18. The van der Waals surface area contributed by atoms with E-state index in [1.54, 1.807) is 4.68 Å². The van der Waals surface area contributed by atoms with Crippen molar-refractivity contribution in [1.29, 1.82) is 0 Å². The molecule has 2 aromatic carbocycles. The van der Waals surface area contributed by atoms with E-state index in [4.69, 9.17) is 11.6 Å². The molecule has 7 nitrogen and oxygen atoms in total. The van der Waals surface area contributed by atoms with Crippen LogP contribution < -0.4 is 10.6 Å². The number of nitrogens with zero attached hydrogens (tertiary/aromatic N) is 3. The van der Waals surface area contributed by atoms with Gasteiger partial charge in [-0.3, -0.25) is 14.9 Å². The molecule has 0 aliphatic carbocycles. The minimum absolute atomic E-state index is 0.00691. The highest BCUT2D eigenvalue weighted by Gasteiger charge is 2.12.